The number of hydrogen-bond acceptors (Lipinski definition) is 13. The summed E-state index contributed by atoms with van der Waals surface area (Å²) >= 11 is 6.43. The number of hydrogen-bond donors (Lipinski definition) is 3. The van der Waals surface area contributed by atoms with Gasteiger partial charge in [-0.3, -0.25) is 57.5 Å². The van der Waals surface area contributed by atoms with E-state index in [4.69, 9.17) is 16.3 Å². The molecule has 7 aliphatic rings. The van der Waals surface area contributed by atoms with Crippen LogP contribution in [0.15, 0.2) is 12.2 Å². The smallest absolute Gasteiger partial charge is 0.375 e. The van der Waals surface area contributed by atoms with E-state index in [0.717, 1.165) is 43.4 Å². The van der Waals surface area contributed by atoms with E-state index in [2.05, 4.69) is 22.9 Å². The van der Waals surface area contributed by atoms with Crippen molar-refractivity contribution in [3.05, 3.63) is 12.2 Å². The third-order valence-electron chi connectivity index (χ3n) is 23.5. The zero-order chi connectivity index (χ0) is 76.1. The number of nitrogens with zero attached hydrogens (tertiary/aromatic N) is 9. The quantitative estimate of drug-likeness (QED) is 0.165. The molecular weight excluding hydrogens is 1360 g/mol. The SMILES string of the molecule is CC[C@H](C)[C@@H]1NC(=O)[C@H](CC(C)C)N(C)C(=O)C[C@@H](C(=O)N(C)C)N(C)C(=O)[C@H](C2CCCC2)N(C)C(=O)C2(CCCC2)NC(=O)[C@@H]2CCCN2C(=O)[C@H](CCC2CCC(C(F)(F)F)C(Cl)C2)NC(=O)CN(C)C(=O)[C@H](CC2CCC(C)CC2)N2C/C=C\COC[C@@H](C2=O)N(C)C(=O)CN(C)C1=O. The van der Waals surface area contributed by atoms with E-state index in [1.165, 1.54) is 95.6 Å². The van der Waals surface area contributed by atoms with E-state index in [1.54, 1.807) is 19.1 Å². The van der Waals surface area contributed by atoms with E-state index in [9.17, 15) is 41.9 Å². The molecule has 580 valence electrons. The van der Waals surface area contributed by atoms with Crippen LogP contribution >= 0.6 is 11.6 Å². The number of nitrogens with one attached hydrogen (secondary N) is 3. The number of halogens is 4. The largest absolute Gasteiger partial charge is 0.393 e. The number of ether oxygens (including phenoxy) is 1. The molecule has 12 amide bonds. The minimum atomic E-state index is -4.52. The van der Waals surface area contributed by atoms with Crippen molar-refractivity contribution in [1.82, 2.24) is 60.0 Å². The summed E-state index contributed by atoms with van der Waals surface area (Å²) in [5, 5.41) is 7.62. The number of carbonyl (C=O) groups excluding carboxylic acids is 12. The molecule has 0 radical (unpaired) electrons. The highest BCUT2D eigenvalue weighted by Gasteiger charge is 2.53. The molecule has 2 bridgehead atoms. The van der Waals surface area contributed by atoms with Crippen LogP contribution in [-0.2, 0) is 62.3 Å². The van der Waals surface area contributed by atoms with Crippen LogP contribution < -0.4 is 16.0 Å². The Hall–Kier alpha value is -6.58. The molecule has 0 aromatic carbocycles. The molecule has 2 saturated heterocycles. The summed E-state index contributed by atoms with van der Waals surface area (Å²) in [7, 11) is 11.5. The summed E-state index contributed by atoms with van der Waals surface area (Å²) in [5.74, 6) is -10.7. The first kappa shape index (κ1) is 83.7. The molecule has 4 saturated carbocycles. The Labute approximate surface area is 612 Å². The molecule has 7 rings (SSSR count). The Bertz CT molecular complexity index is 3050. The molecular formula is C74H118ClF3N12O13. The van der Waals surface area contributed by atoms with Gasteiger partial charge >= 0.3 is 6.18 Å². The van der Waals surface area contributed by atoms with E-state index < -0.39 is 174 Å². The van der Waals surface area contributed by atoms with Crippen molar-refractivity contribution >= 4 is 82.5 Å². The fraction of sp³-hybridized carbons (Fsp3) is 0.811. The summed E-state index contributed by atoms with van der Waals surface area (Å²) in [6, 6.07) is -10.1. The predicted octanol–water partition coefficient (Wildman–Crippen LogP) is 5.74. The van der Waals surface area contributed by atoms with Crippen LogP contribution in [0.25, 0.3) is 0 Å². The van der Waals surface area contributed by atoms with Crippen LogP contribution in [-0.4, -0.2) is 276 Å². The summed E-state index contributed by atoms with van der Waals surface area (Å²) < 4.78 is 48.2. The van der Waals surface area contributed by atoms with Crippen molar-refractivity contribution in [2.75, 3.05) is 95.8 Å². The van der Waals surface area contributed by atoms with Gasteiger partial charge in [-0.1, -0.05) is 105 Å². The third kappa shape index (κ3) is 20.9. The molecule has 3 N–H and O–H groups in total. The normalized spacial score (nSPS) is 31.6. The van der Waals surface area contributed by atoms with Crippen molar-refractivity contribution in [3.8, 4) is 0 Å². The lowest BCUT2D eigenvalue weighted by atomic mass is 9.78. The number of alkyl halides is 4. The van der Waals surface area contributed by atoms with Gasteiger partial charge in [0, 0.05) is 74.8 Å². The second-order valence-corrected chi connectivity index (χ2v) is 32.2. The van der Waals surface area contributed by atoms with Gasteiger partial charge < -0.3 is 64.8 Å². The summed E-state index contributed by atoms with van der Waals surface area (Å²) in [5.41, 5.74) is -1.56. The zero-order valence-electron chi connectivity index (χ0n) is 63.2. The Kier molecular flexibility index (Phi) is 30.1. The highest BCUT2D eigenvalue weighted by atomic mass is 35.5. The lowest BCUT2D eigenvalue weighted by Gasteiger charge is -2.42. The molecule has 1 spiro atoms. The van der Waals surface area contributed by atoms with E-state index in [0.29, 0.717) is 44.4 Å². The van der Waals surface area contributed by atoms with E-state index >= 15 is 28.8 Å². The van der Waals surface area contributed by atoms with Gasteiger partial charge in [-0.15, -0.1) is 11.6 Å². The number of rotatable bonds is 11. The molecule has 3 heterocycles. The van der Waals surface area contributed by atoms with Crippen LogP contribution in [0, 0.1) is 41.4 Å². The lowest BCUT2D eigenvalue weighted by Crippen LogP contribution is -2.65. The maximum Gasteiger partial charge on any atom is 0.393 e. The predicted molar refractivity (Wildman–Crippen MR) is 381 cm³/mol. The van der Waals surface area contributed by atoms with Crippen LogP contribution in [0.3, 0.4) is 0 Å². The number of amides is 12. The molecule has 0 aromatic heterocycles. The van der Waals surface area contributed by atoms with Crippen molar-refractivity contribution in [2.24, 2.45) is 41.4 Å². The minimum Gasteiger partial charge on any atom is -0.375 e. The lowest BCUT2D eigenvalue weighted by molar-refractivity contribution is -0.182. The number of carbonyl (C=O) groups is 12. The van der Waals surface area contributed by atoms with Crippen LogP contribution in [0.2, 0.25) is 0 Å². The Morgan fingerprint density at radius 1 is 0.670 bits per heavy atom. The topological polar surface area (TPSA) is 279 Å². The second-order valence-electron chi connectivity index (χ2n) is 31.6. The number of likely N-dealkylation sites (N-methyl/N-ethyl adjacent to an activating group) is 7. The third-order valence-corrected chi connectivity index (χ3v) is 24.0. The van der Waals surface area contributed by atoms with Gasteiger partial charge in [-0.2, -0.15) is 13.2 Å². The molecule has 29 heteroatoms. The zero-order valence-corrected chi connectivity index (χ0v) is 64.0. The highest BCUT2D eigenvalue weighted by molar-refractivity contribution is 6.21. The van der Waals surface area contributed by atoms with Crippen molar-refractivity contribution in [1.29, 1.82) is 0 Å². The fourth-order valence-electron chi connectivity index (χ4n) is 16.7. The van der Waals surface area contributed by atoms with Gasteiger partial charge in [0.15, 0.2) is 0 Å². The second kappa shape index (κ2) is 37.1. The van der Waals surface area contributed by atoms with Gasteiger partial charge in [-0.25, -0.2) is 0 Å². The van der Waals surface area contributed by atoms with Crippen LogP contribution in [0.4, 0.5) is 13.2 Å². The average Bonchev–Trinajstić information content (AvgIpc) is 1.75. The Balaban J connectivity index is 1.30. The standard InChI is InChI=1S/C74H118ClF3N12O13/c1-14-47(5)62-70(100)84(9)43-61(93)86(11)58-44-103-37-20-19-35-90(69(58)99)57(40-49-27-25-46(4)26-28-49)68(98)83(8)42-59(91)79-53(32-30-48-29-31-51(52(75)39-48)74(76,77)78)66(96)89-36-21-24-54(89)65(95)81-73(33-17-18-34-73)72(102)88(13)63(50-22-15-16-23-50)71(101)87(12)56(67(97)82(6)7)41-60(92)85(10)55(38-45(2)3)64(94)80-62/h19-20,45-58,62-63H,14-18,21-44H2,1-13H3,(H,79,91)(H,80,94)(H,81,95)/b20-19-/t46?,47-,48?,49?,51?,52?,53-,54-,55-,56-,57-,58-,62-,63-/m0/s1. The Morgan fingerprint density at radius 2 is 1.31 bits per heavy atom. The molecule has 4 aliphatic carbocycles. The molecule has 103 heavy (non-hydrogen) atoms. The maximum atomic E-state index is 15.6. The van der Waals surface area contributed by atoms with E-state index in [1.807, 2.05) is 20.8 Å². The Morgan fingerprint density at radius 3 is 1.92 bits per heavy atom. The first-order valence-electron chi connectivity index (χ1n) is 37.7. The molecule has 6 fully saturated rings. The van der Waals surface area contributed by atoms with Gasteiger partial charge in [0.2, 0.25) is 70.9 Å². The first-order valence-corrected chi connectivity index (χ1v) is 38.2. The maximum absolute atomic E-state index is 15.6. The summed E-state index contributed by atoms with van der Waals surface area (Å²) in [6.45, 7) is 7.96. The molecule has 12 atom stereocenters. The van der Waals surface area contributed by atoms with Gasteiger partial charge in [0.05, 0.1) is 38.6 Å². The number of fused-ring (bicyclic) bond motifs is 3. The fourth-order valence-corrected chi connectivity index (χ4v) is 17.2. The highest BCUT2D eigenvalue weighted by Crippen LogP contribution is 2.44. The van der Waals surface area contributed by atoms with Crippen molar-refractivity contribution < 1.29 is 75.4 Å². The van der Waals surface area contributed by atoms with Crippen molar-refractivity contribution in [3.63, 3.8) is 0 Å². The molecule has 0 aromatic rings. The molecule has 3 unspecified atom stereocenters. The van der Waals surface area contributed by atoms with Crippen LogP contribution in [0.5, 0.6) is 0 Å². The minimum absolute atomic E-state index is 0.00924. The monoisotopic (exact) mass is 1470 g/mol. The van der Waals surface area contributed by atoms with Gasteiger partial charge in [0.1, 0.15) is 53.9 Å². The van der Waals surface area contributed by atoms with Crippen molar-refractivity contribution in [2.45, 2.75) is 248 Å². The average molecular weight is 1480 g/mol. The summed E-state index contributed by atoms with van der Waals surface area (Å²) in [6.07, 6.45) is 6.67. The van der Waals surface area contributed by atoms with Gasteiger partial charge in [-0.05, 0) is 119 Å². The van der Waals surface area contributed by atoms with Crippen LogP contribution in [0.1, 0.15) is 182 Å². The summed E-state index contributed by atoms with van der Waals surface area (Å²) in [4.78, 5) is 192. The molecule has 25 nitrogen and oxygen atoms in total. The first-order chi connectivity index (χ1) is 48.5. The van der Waals surface area contributed by atoms with E-state index in [-0.39, 0.29) is 108 Å². The molecule has 3 aliphatic heterocycles. The van der Waals surface area contributed by atoms with Gasteiger partial charge in [0.25, 0.3) is 0 Å².